The topological polar surface area (TPSA) is 24.9 Å². The molecule has 0 fully saturated rings. The fourth-order valence-electron chi connectivity index (χ4n) is 1.18. The Morgan fingerprint density at radius 3 is 2.56 bits per heavy atom. The van der Waals surface area contributed by atoms with Crippen LogP contribution in [0.3, 0.4) is 0 Å². The fourth-order valence-corrected chi connectivity index (χ4v) is 1.84. The average Bonchev–Trinajstić information content (AvgIpc) is 2.25. The SMILES string of the molecule is Fc1cc(Br)cnc1Nc1ccc(I)cc1. The molecule has 0 aliphatic heterocycles. The van der Waals surface area contributed by atoms with E-state index in [-0.39, 0.29) is 11.6 Å². The number of nitrogens with zero attached hydrogens (tertiary/aromatic N) is 1. The summed E-state index contributed by atoms with van der Waals surface area (Å²) >= 11 is 5.37. The second kappa shape index (κ2) is 5.09. The van der Waals surface area contributed by atoms with E-state index in [1.807, 2.05) is 24.3 Å². The third kappa shape index (κ3) is 2.91. The van der Waals surface area contributed by atoms with Crippen LogP contribution in [0.4, 0.5) is 15.9 Å². The highest BCUT2D eigenvalue weighted by Crippen LogP contribution is 2.20. The molecule has 0 atom stereocenters. The molecular formula is C11H7BrFIN2. The van der Waals surface area contributed by atoms with Crippen molar-refractivity contribution >= 4 is 50.0 Å². The predicted octanol–water partition coefficient (Wildman–Crippen LogP) is 4.33. The van der Waals surface area contributed by atoms with E-state index in [2.05, 4.69) is 48.8 Å². The number of hydrogen-bond acceptors (Lipinski definition) is 2. The van der Waals surface area contributed by atoms with Gasteiger partial charge in [0.05, 0.1) is 0 Å². The molecule has 0 amide bonds. The van der Waals surface area contributed by atoms with Gasteiger partial charge < -0.3 is 5.32 Å². The van der Waals surface area contributed by atoms with Gasteiger partial charge in [-0.3, -0.25) is 0 Å². The lowest BCUT2D eigenvalue weighted by molar-refractivity contribution is 0.625. The Hall–Kier alpha value is -0.690. The molecule has 0 radical (unpaired) electrons. The van der Waals surface area contributed by atoms with Gasteiger partial charge in [0.2, 0.25) is 0 Å². The first-order chi connectivity index (χ1) is 7.65. The zero-order chi connectivity index (χ0) is 11.5. The van der Waals surface area contributed by atoms with Crippen molar-refractivity contribution in [2.75, 3.05) is 5.32 Å². The smallest absolute Gasteiger partial charge is 0.166 e. The Morgan fingerprint density at radius 1 is 1.25 bits per heavy atom. The van der Waals surface area contributed by atoms with E-state index in [1.54, 1.807) is 6.20 Å². The van der Waals surface area contributed by atoms with Gasteiger partial charge in [0.1, 0.15) is 0 Å². The van der Waals surface area contributed by atoms with Crippen LogP contribution in [0.1, 0.15) is 0 Å². The molecule has 0 saturated heterocycles. The molecule has 2 rings (SSSR count). The standard InChI is InChI=1S/C11H7BrFIN2/c12-7-5-10(13)11(15-6-7)16-9-3-1-8(14)2-4-9/h1-6H,(H,15,16). The lowest BCUT2D eigenvalue weighted by atomic mass is 10.3. The Morgan fingerprint density at radius 2 is 1.94 bits per heavy atom. The van der Waals surface area contributed by atoms with E-state index in [0.29, 0.717) is 4.47 Å². The largest absolute Gasteiger partial charge is 0.338 e. The molecule has 16 heavy (non-hydrogen) atoms. The summed E-state index contributed by atoms with van der Waals surface area (Å²) in [5.41, 5.74) is 0.814. The molecule has 0 spiro atoms. The number of anilines is 2. The first-order valence-corrected chi connectivity index (χ1v) is 6.36. The van der Waals surface area contributed by atoms with Gasteiger partial charge in [0.25, 0.3) is 0 Å². The Balaban J connectivity index is 2.23. The molecule has 2 aromatic rings. The van der Waals surface area contributed by atoms with Crippen LogP contribution in [-0.2, 0) is 0 Å². The summed E-state index contributed by atoms with van der Waals surface area (Å²) in [6.07, 6.45) is 1.55. The molecular weight excluding hydrogens is 386 g/mol. The third-order valence-electron chi connectivity index (χ3n) is 1.91. The lowest BCUT2D eigenvalue weighted by Crippen LogP contribution is -1.96. The van der Waals surface area contributed by atoms with E-state index < -0.39 is 0 Å². The van der Waals surface area contributed by atoms with Crippen LogP contribution < -0.4 is 5.32 Å². The predicted molar refractivity (Wildman–Crippen MR) is 74.3 cm³/mol. The molecule has 5 heteroatoms. The minimum absolute atomic E-state index is 0.226. The van der Waals surface area contributed by atoms with Crippen molar-refractivity contribution in [2.45, 2.75) is 0 Å². The van der Waals surface area contributed by atoms with Gasteiger partial charge in [-0.05, 0) is 68.9 Å². The van der Waals surface area contributed by atoms with Crippen LogP contribution in [-0.4, -0.2) is 4.98 Å². The molecule has 0 unspecified atom stereocenters. The lowest BCUT2D eigenvalue weighted by Gasteiger charge is -2.06. The number of aromatic nitrogens is 1. The number of halogens is 3. The van der Waals surface area contributed by atoms with Crippen LogP contribution in [0, 0.1) is 9.39 Å². The van der Waals surface area contributed by atoms with Gasteiger partial charge >= 0.3 is 0 Å². The summed E-state index contributed by atoms with van der Waals surface area (Å²) in [6, 6.07) is 9.03. The summed E-state index contributed by atoms with van der Waals surface area (Å²) in [7, 11) is 0. The first-order valence-electron chi connectivity index (χ1n) is 4.49. The molecule has 0 aliphatic rings. The molecule has 0 bridgehead atoms. The van der Waals surface area contributed by atoms with E-state index in [1.165, 1.54) is 6.07 Å². The third-order valence-corrected chi connectivity index (χ3v) is 3.07. The van der Waals surface area contributed by atoms with Crippen LogP contribution in [0.5, 0.6) is 0 Å². The number of benzene rings is 1. The Kier molecular flexibility index (Phi) is 3.75. The molecule has 1 aromatic heterocycles. The average molecular weight is 393 g/mol. The van der Waals surface area contributed by atoms with Crippen LogP contribution in [0.15, 0.2) is 41.0 Å². The van der Waals surface area contributed by atoms with Crippen molar-refractivity contribution in [3.8, 4) is 0 Å². The normalized spacial score (nSPS) is 10.2. The van der Waals surface area contributed by atoms with Crippen molar-refractivity contribution in [1.82, 2.24) is 4.98 Å². The highest BCUT2D eigenvalue weighted by Gasteiger charge is 2.04. The minimum atomic E-state index is -0.382. The van der Waals surface area contributed by atoms with Crippen molar-refractivity contribution in [1.29, 1.82) is 0 Å². The van der Waals surface area contributed by atoms with Crippen LogP contribution >= 0.6 is 38.5 Å². The Bertz CT molecular complexity index is 502. The zero-order valence-corrected chi connectivity index (χ0v) is 11.8. The maximum absolute atomic E-state index is 13.5. The van der Waals surface area contributed by atoms with Crippen molar-refractivity contribution in [2.24, 2.45) is 0 Å². The Labute approximate surface area is 115 Å². The van der Waals surface area contributed by atoms with Gasteiger partial charge in [0.15, 0.2) is 11.6 Å². The van der Waals surface area contributed by atoms with Crippen LogP contribution in [0.25, 0.3) is 0 Å². The van der Waals surface area contributed by atoms with E-state index in [9.17, 15) is 4.39 Å². The van der Waals surface area contributed by atoms with Gasteiger partial charge in [0, 0.05) is 19.9 Å². The molecule has 82 valence electrons. The van der Waals surface area contributed by atoms with E-state index in [4.69, 9.17) is 0 Å². The molecule has 0 aliphatic carbocycles. The number of pyridine rings is 1. The summed E-state index contributed by atoms with van der Waals surface area (Å²) in [6.45, 7) is 0. The maximum atomic E-state index is 13.5. The molecule has 1 aromatic carbocycles. The maximum Gasteiger partial charge on any atom is 0.166 e. The molecule has 1 N–H and O–H groups in total. The van der Waals surface area contributed by atoms with Gasteiger partial charge in [-0.15, -0.1) is 0 Å². The monoisotopic (exact) mass is 392 g/mol. The van der Waals surface area contributed by atoms with Crippen molar-refractivity contribution < 1.29 is 4.39 Å². The summed E-state index contributed by atoms with van der Waals surface area (Å²) in [4.78, 5) is 3.96. The summed E-state index contributed by atoms with van der Waals surface area (Å²) < 4.78 is 15.2. The van der Waals surface area contributed by atoms with Gasteiger partial charge in [-0.25, -0.2) is 9.37 Å². The fraction of sp³-hybridized carbons (Fsp3) is 0. The molecule has 1 heterocycles. The quantitative estimate of drug-likeness (QED) is 0.769. The molecule has 0 saturated carbocycles. The molecule has 2 nitrogen and oxygen atoms in total. The van der Waals surface area contributed by atoms with Crippen molar-refractivity contribution in [3.63, 3.8) is 0 Å². The van der Waals surface area contributed by atoms with Gasteiger partial charge in [-0.2, -0.15) is 0 Å². The van der Waals surface area contributed by atoms with Crippen molar-refractivity contribution in [3.05, 3.63) is 50.4 Å². The second-order valence-electron chi connectivity index (χ2n) is 3.12. The second-order valence-corrected chi connectivity index (χ2v) is 5.28. The van der Waals surface area contributed by atoms with Gasteiger partial charge in [-0.1, -0.05) is 0 Å². The number of hydrogen-bond donors (Lipinski definition) is 1. The summed E-state index contributed by atoms with van der Waals surface area (Å²) in [5, 5.41) is 2.92. The minimum Gasteiger partial charge on any atom is -0.338 e. The zero-order valence-electron chi connectivity index (χ0n) is 8.05. The number of rotatable bonds is 2. The highest BCUT2D eigenvalue weighted by atomic mass is 127. The number of nitrogens with one attached hydrogen (secondary N) is 1. The van der Waals surface area contributed by atoms with Crippen LogP contribution in [0.2, 0.25) is 0 Å². The highest BCUT2D eigenvalue weighted by molar-refractivity contribution is 14.1. The van der Waals surface area contributed by atoms with E-state index in [0.717, 1.165) is 9.26 Å². The summed E-state index contributed by atoms with van der Waals surface area (Å²) in [5.74, 6) is -0.155. The first kappa shape index (κ1) is 11.8. The van der Waals surface area contributed by atoms with E-state index >= 15 is 0 Å².